The zero-order valence-electron chi connectivity index (χ0n) is 9.18. The molecule has 0 radical (unpaired) electrons. The van der Waals surface area contributed by atoms with Crippen LogP contribution in [0.15, 0.2) is 0 Å². The fraction of sp³-hybridized carbons (Fsp3) is 1.00. The van der Waals surface area contributed by atoms with Gasteiger partial charge < -0.3 is 10.5 Å². The molecule has 1 rings (SSSR count). The van der Waals surface area contributed by atoms with Crippen molar-refractivity contribution < 1.29 is 4.74 Å². The van der Waals surface area contributed by atoms with Crippen LogP contribution >= 0.6 is 0 Å². The predicted octanol–water partition coefficient (Wildman–Crippen LogP) is 2.32. The largest absolute Gasteiger partial charge is 0.371 e. The SMILES string of the molecule is CC(C)OC(C)(CN)CC1CCC1. The highest BCUT2D eigenvalue weighted by Crippen LogP contribution is 2.35. The van der Waals surface area contributed by atoms with Gasteiger partial charge in [-0.3, -0.25) is 0 Å². The average molecular weight is 185 g/mol. The van der Waals surface area contributed by atoms with Gasteiger partial charge in [-0.2, -0.15) is 0 Å². The molecule has 1 atom stereocenters. The highest BCUT2D eigenvalue weighted by Gasteiger charge is 2.31. The van der Waals surface area contributed by atoms with E-state index in [2.05, 4.69) is 20.8 Å². The molecule has 0 aromatic carbocycles. The third-order valence-corrected chi connectivity index (χ3v) is 2.90. The van der Waals surface area contributed by atoms with Gasteiger partial charge in [0, 0.05) is 6.54 Å². The van der Waals surface area contributed by atoms with Gasteiger partial charge in [0.05, 0.1) is 11.7 Å². The third-order valence-electron chi connectivity index (χ3n) is 2.90. The van der Waals surface area contributed by atoms with Gasteiger partial charge in [-0.1, -0.05) is 19.3 Å². The highest BCUT2D eigenvalue weighted by molar-refractivity contribution is 4.84. The fourth-order valence-electron chi connectivity index (χ4n) is 2.06. The highest BCUT2D eigenvalue weighted by atomic mass is 16.5. The first kappa shape index (κ1) is 11.0. The second-order valence-corrected chi connectivity index (χ2v) is 4.82. The maximum absolute atomic E-state index is 5.87. The topological polar surface area (TPSA) is 35.2 Å². The molecule has 13 heavy (non-hydrogen) atoms. The zero-order valence-corrected chi connectivity index (χ0v) is 9.18. The number of nitrogens with two attached hydrogens (primary N) is 1. The van der Waals surface area contributed by atoms with Gasteiger partial charge in [0.1, 0.15) is 0 Å². The van der Waals surface area contributed by atoms with E-state index >= 15 is 0 Å². The fourth-order valence-corrected chi connectivity index (χ4v) is 2.06. The molecule has 0 heterocycles. The Morgan fingerprint density at radius 3 is 2.38 bits per heavy atom. The lowest BCUT2D eigenvalue weighted by Crippen LogP contribution is -2.42. The molecule has 78 valence electrons. The van der Waals surface area contributed by atoms with Crippen molar-refractivity contribution in [3.05, 3.63) is 0 Å². The van der Waals surface area contributed by atoms with E-state index in [0.29, 0.717) is 6.54 Å². The first-order valence-corrected chi connectivity index (χ1v) is 5.43. The van der Waals surface area contributed by atoms with Crippen LogP contribution in [0.1, 0.15) is 46.5 Å². The Morgan fingerprint density at radius 2 is 2.08 bits per heavy atom. The lowest BCUT2D eigenvalue weighted by molar-refractivity contribution is -0.0806. The van der Waals surface area contributed by atoms with Gasteiger partial charge in [0.2, 0.25) is 0 Å². The Morgan fingerprint density at radius 1 is 1.46 bits per heavy atom. The van der Waals surface area contributed by atoms with Gasteiger partial charge in [-0.15, -0.1) is 0 Å². The molecule has 2 heteroatoms. The third kappa shape index (κ3) is 3.28. The van der Waals surface area contributed by atoms with E-state index in [1.807, 2.05) is 0 Å². The van der Waals surface area contributed by atoms with Crippen molar-refractivity contribution in [3.63, 3.8) is 0 Å². The molecular formula is C11H23NO. The summed E-state index contributed by atoms with van der Waals surface area (Å²) in [6.07, 6.45) is 5.57. The summed E-state index contributed by atoms with van der Waals surface area (Å²) >= 11 is 0. The predicted molar refractivity (Wildman–Crippen MR) is 55.6 cm³/mol. The molecule has 0 bridgehead atoms. The molecule has 1 aliphatic carbocycles. The van der Waals surface area contributed by atoms with Gasteiger partial charge in [-0.25, -0.2) is 0 Å². The van der Waals surface area contributed by atoms with E-state index in [1.54, 1.807) is 0 Å². The minimum atomic E-state index is -0.0841. The smallest absolute Gasteiger partial charge is 0.0782 e. The van der Waals surface area contributed by atoms with Crippen molar-refractivity contribution in [2.24, 2.45) is 11.7 Å². The van der Waals surface area contributed by atoms with Gasteiger partial charge in [0.15, 0.2) is 0 Å². The van der Waals surface area contributed by atoms with Crippen LogP contribution in [0.5, 0.6) is 0 Å². The van der Waals surface area contributed by atoms with Crippen molar-refractivity contribution in [2.45, 2.75) is 58.2 Å². The Hall–Kier alpha value is -0.0800. The van der Waals surface area contributed by atoms with Gasteiger partial charge in [-0.05, 0) is 33.1 Å². The van der Waals surface area contributed by atoms with E-state index in [4.69, 9.17) is 10.5 Å². The second-order valence-electron chi connectivity index (χ2n) is 4.82. The zero-order chi connectivity index (χ0) is 9.90. The van der Waals surface area contributed by atoms with Crippen molar-refractivity contribution in [1.29, 1.82) is 0 Å². The Labute approximate surface area is 81.8 Å². The van der Waals surface area contributed by atoms with Crippen LogP contribution in [0.4, 0.5) is 0 Å². The number of rotatable bonds is 5. The summed E-state index contributed by atoms with van der Waals surface area (Å²) in [5, 5.41) is 0. The molecule has 0 aromatic rings. The summed E-state index contributed by atoms with van der Waals surface area (Å²) in [7, 11) is 0. The van der Waals surface area contributed by atoms with Crippen LogP contribution in [0.25, 0.3) is 0 Å². The first-order chi connectivity index (χ1) is 6.06. The van der Waals surface area contributed by atoms with E-state index in [1.165, 1.54) is 19.3 Å². The molecule has 2 N–H and O–H groups in total. The maximum atomic E-state index is 5.87. The number of hydrogen-bond acceptors (Lipinski definition) is 2. The van der Waals surface area contributed by atoms with E-state index in [0.717, 1.165) is 12.3 Å². The van der Waals surface area contributed by atoms with Crippen LogP contribution in [0.3, 0.4) is 0 Å². The normalized spacial score (nSPS) is 22.8. The van der Waals surface area contributed by atoms with Crippen LogP contribution in [-0.2, 0) is 4.74 Å². The summed E-state index contributed by atoms with van der Waals surface area (Å²) in [6, 6.07) is 0. The summed E-state index contributed by atoms with van der Waals surface area (Å²) in [4.78, 5) is 0. The lowest BCUT2D eigenvalue weighted by atomic mass is 9.77. The average Bonchev–Trinajstić information content (AvgIpc) is 1.96. The molecule has 1 unspecified atom stereocenters. The maximum Gasteiger partial charge on any atom is 0.0782 e. The molecule has 0 amide bonds. The van der Waals surface area contributed by atoms with Crippen LogP contribution in [0, 0.1) is 5.92 Å². The minimum Gasteiger partial charge on any atom is -0.371 e. The van der Waals surface area contributed by atoms with Gasteiger partial charge in [0.25, 0.3) is 0 Å². The van der Waals surface area contributed by atoms with Crippen molar-refractivity contribution in [1.82, 2.24) is 0 Å². The van der Waals surface area contributed by atoms with E-state index in [9.17, 15) is 0 Å². The Kier molecular flexibility index (Phi) is 3.74. The second kappa shape index (κ2) is 4.43. The van der Waals surface area contributed by atoms with Crippen LogP contribution in [0.2, 0.25) is 0 Å². The van der Waals surface area contributed by atoms with Crippen molar-refractivity contribution in [2.75, 3.05) is 6.54 Å². The first-order valence-electron chi connectivity index (χ1n) is 5.43. The summed E-state index contributed by atoms with van der Waals surface area (Å²) in [5.74, 6) is 0.868. The summed E-state index contributed by atoms with van der Waals surface area (Å²) < 4.78 is 5.87. The van der Waals surface area contributed by atoms with E-state index in [-0.39, 0.29) is 11.7 Å². The summed E-state index contributed by atoms with van der Waals surface area (Å²) in [5.41, 5.74) is 5.67. The molecule has 0 aromatic heterocycles. The standard InChI is InChI=1S/C11H23NO/c1-9(2)13-11(3,8-12)7-10-5-4-6-10/h9-10H,4-8,12H2,1-3H3. The molecule has 0 saturated heterocycles. The van der Waals surface area contributed by atoms with Gasteiger partial charge >= 0.3 is 0 Å². The number of ether oxygens (including phenoxy) is 1. The van der Waals surface area contributed by atoms with Crippen molar-refractivity contribution >= 4 is 0 Å². The minimum absolute atomic E-state index is 0.0841. The summed E-state index contributed by atoms with van der Waals surface area (Å²) in [6.45, 7) is 6.94. The molecular weight excluding hydrogens is 162 g/mol. The number of hydrogen-bond donors (Lipinski definition) is 1. The lowest BCUT2D eigenvalue weighted by Gasteiger charge is -2.37. The van der Waals surface area contributed by atoms with Crippen LogP contribution in [-0.4, -0.2) is 18.2 Å². The van der Waals surface area contributed by atoms with E-state index < -0.39 is 0 Å². The van der Waals surface area contributed by atoms with Crippen LogP contribution < -0.4 is 5.73 Å². The molecule has 1 fully saturated rings. The molecule has 0 aliphatic heterocycles. The monoisotopic (exact) mass is 185 g/mol. The Bertz CT molecular complexity index is 154. The Balaban J connectivity index is 2.37. The quantitative estimate of drug-likeness (QED) is 0.713. The molecule has 1 aliphatic rings. The molecule has 0 spiro atoms. The van der Waals surface area contributed by atoms with Crippen molar-refractivity contribution in [3.8, 4) is 0 Å². The molecule has 2 nitrogen and oxygen atoms in total. The molecule has 1 saturated carbocycles.